The molecule has 0 saturated carbocycles. The van der Waals surface area contributed by atoms with Crippen LogP contribution in [0, 0.1) is 17.5 Å². The maximum Gasteiger partial charge on any atom is 0.224 e. The zero-order valence-electron chi connectivity index (χ0n) is 11.0. The van der Waals surface area contributed by atoms with Gasteiger partial charge in [0.2, 0.25) is 5.91 Å². The van der Waals surface area contributed by atoms with E-state index in [9.17, 15) is 23.1 Å². The second-order valence-corrected chi connectivity index (χ2v) is 4.78. The molecule has 0 aromatic heterocycles. The van der Waals surface area contributed by atoms with Crippen molar-refractivity contribution in [2.45, 2.75) is 25.0 Å². The minimum absolute atomic E-state index is 0. The zero-order chi connectivity index (χ0) is 14.7. The van der Waals surface area contributed by atoms with Crippen LogP contribution in [0.2, 0.25) is 0 Å². The number of rotatable bonds is 3. The summed E-state index contributed by atoms with van der Waals surface area (Å²) in [7, 11) is 0. The van der Waals surface area contributed by atoms with Crippen molar-refractivity contribution in [3.8, 4) is 0 Å². The number of halogens is 4. The van der Waals surface area contributed by atoms with Gasteiger partial charge < -0.3 is 15.7 Å². The van der Waals surface area contributed by atoms with Gasteiger partial charge in [0, 0.05) is 6.54 Å². The van der Waals surface area contributed by atoms with Gasteiger partial charge in [0.15, 0.2) is 17.5 Å². The van der Waals surface area contributed by atoms with Crippen molar-refractivity contribution in [2.75, 3.05) is 13.1 Å². The molecule has 1 amide bonds. The topological polar surface area (TPSA) is 61.4 Å². The highest BCUT2D eigenvalue weighted by molar-refractivity contribution is 5.85. The van der Waals surface area contributed by atoms with E-state index in [1.165, 1.54) is 0 Å². The average Bonchev–Trinajstić information content (AvgIpc) is 2.38. The van der Waals surface area contributed by atoms with Crippen LogP contribution in [0.15, 0.2) is 12.1 Å². The summed E-state index contributed by atoms with van der Waals surface area (Å²) < 4.78 is 38.8. The largest absolute Gasteiger partial charge is 0.391 e. The Morgan fingerprint density at radius 3 is 2.52 bits per heavy atom. The number of hydrogen-bond acceptors (Lipinski definition) is 3. The van der Waals surface area contributed by atoms with Crippen LogP contribution in [0.1, 0.15) is 12.0 Å². The maximum absolute atomic E-state index is 13.0. The van der Waals surface area contributed by atoms with Crippen molar-refractivity contribution in [1.82, 2.24) is 10.6 Å². The van der Waals surface area contributed by atoms with Crippen LogP contribution in [0.3, 0.4) is 0 Å². The third-order valence-corrected chi connectivity index (χ3v) is 3.20. The van der Waals surface area contributed by atoms with Gasteiger partial charge in [-0.1, -0.05) is 0 Å². The second-order valence-electron chi connectivity index (χ2n) is 4.78. The molecule has 1 fully saturated rings. The van der Waals surface area contributed by atoms with Crippen LogP contribution in [-0.4, -0.2) is 36.2 Å². The first-order valence-corrected chi connectivity index (χ1v) is 6.29. The molecule has 0 spiro atoms. The Hall–Kier alpha value is -1.31. The summed E-state index contributed by atoms with van der Waals surface area (Å²) in [5.41, 5.74) is 0.0390. The molecule has 3 N–H and O–H groups in total. The number of piperidine rings is 1. The van der Waals surface area contributed by atoms with Crippen LogP contribution in [-0.2, 0) is 11.2 Å². The van der Waals surface area contributed by atoms with E-state index in [1.54, 1.807) is 0 Å². The second kappa shape index (κ2) is 7.63. The predicted octanol–water partition coefficient (Wildman–Crippen LogP) is 0.907. The van der Waals surface area contributed by atoms with Crippen molar-refractivity contribution < 1.29 is 23.1 Å². The van der Waals surface area contributed by atoms with Crippen LogP contribution < -0.4 is 10.6 Å². The van der Waals surface area contributed by atoms with Gasteiger partial charge >= 0.3 is 0 Å². The summed E-state index contributed by atoms with van der Waals surface area (Å²) in [6.45, 7) is 1.10. The normalized spacial score (nSPS) is 21.5. The van der Waals surface area contributed by atoms with E-state index in [1.807, 2.05) is 0 Å². The van der Waals surface area contributed by atoms with Crippen molar-refractivity contribution in [2.24, 2.45) is 0 Å². The van der Waals surface area contributed by atoms with E-state index in [2.05, 4.69) is 10.6 Å². The lowest BCUT2D eigenvalue weighted by molar-refractivity contribution is -0.122. The Bertz CT molecular complexity index is 493. The minimum Gasteiger partial charge on any atom is -0.391 e. The summed E-state index contributed by atoms with van der Waals surface area (Å²) in [6, 6.07) is 1.13. The lowest BCUT2D eigenvalue weighted by atomic mass is 10.0. The maximum atomic E-state index is 13.0. The fraction of sp³-hybridized carbons (Fsp3) is 0.462. The molecule has 8 heteroatoms. The van der Waals surface area contributed by atoms with Gasteiger partial charge in [0.05, 0.1) is 18.6 Å². The first-order chi connectivity index (χ1) is 9.47. The van der Waals surface area contributed by atoms with Crippen LogP contribution >= 0.6 is 12.4 Å². The van der Waals surface area contributed by atoms with Crippen LogP contribution in [0.5, 0.6) is 0 Å². The lowest BCUT2D eigenvalue weighted by Gasteiger charge is -2.29. The van der Waals surface area contributed by atoms with E-state index in [0.29, 0.717) is 19.5 Å². The molecule has 1 aromatic carbocycles. The zero-order valence-corrected chi connectivity index (χ0v) is 11.9. The van der Waals surface area contributed by atoms with Crippen LogP contribution in [0.4, 0.5) is 13.2 Å². The van der Waals surface area contributed by atoms with Gasteiger partial charge in [-0.2, -0.15) is 0 Å². The molecule has 1 aliphatic heterocycles. The van der Waals surface area contributed by atoms with E-state index in [4.69, 9.17) is 0 Å². The number of aliphatic hydroxyl groups is 1. The highest BCUT2D eigenvalue weighted by Crippen LogP contribution is 2.14. The molecule has 0 radical (unpaired) electrons. The molecule has 0 unspecified atom stereocenters. The Balaban J connectivity index is 0.00000220. The number of nitrogens with one attached hydrogen (secondary N) is 2. The molecular weight excluding hydrogens is 309 g/mol. The molecule has 0 aliphatic carbocycles. The first kappa shape index (κ1) is 17.7. The minimum atomic E-state index is -1.55. The molecule has 2 atom stereocenters. The Morgan fingerprint density at radius 1 is 1.33 bits per heavy atom. The Labute approximate surface area is 126 Å². The molecule has 0 bridgehead atoms. The fourth-order valence-electron chi connectivity index (χ4n) is 2.15. The van der Waals surface area contributed by atoms with Crippen molar-refractivity contribution in [1.29, 1.82) is 0 Å². The molecule has 2 rings (SSSR count). The number of carbonyl (C=O) groups excluding carboxylic acids is 1. The molecule has 21 heavy (non-hydrogen) atoms. The van der Waals surface area contributed by atoms with Gasteiger partial charge in [0.1, 0.15) is 0 Å². The summed E-state index contributed by atoms with van der Waals surface area (Å²) in [5.74, 6) is -4.69. The van der Waals surface area contributed by atoms with Crippen LogP contribution in [0.25, 0.3) is 0 Å². The molecule has 118 valence electrons. The molecule has 1 aliphatic rings. The van der Waals surface area contributed by atoms with Crippen molar-refractivity contribution in [3.05, 3.63) is 35.1 Å². The van der Waals surface area contributed by atoms with Gasteiger partial charge in [-0.25, -0.2) is 13.2 Å². The summed E-state index contributed by atoms with van der Waals surface area (Å²) in [5, 5.41) is 15.3. The molecule has 1 saturated heterocycles. The highest BCUT2D eigenvalue weighted by atomic mass is 35.5. The Kier molecular flexibility index (Phi) is 6.44. The van der Waals surface area contributed by atoms with Gasteiger partial charge in [-0.3, -0.25) is 4.79 Å². The van der Waals surface area contributed by atoms with E-state index >= 15 is 0 Å². The molecule has 4 nitrogen and oxygen atoms in total. The summed E-state index contributed by atoms with van der Waals surface area (Å²) in [4.78, 5) is 11.7. The van der Waals surface area contributed by atoms with Crippen molar-refractivity contribution >= 4 is 18.3 Å². The number of benzene rings is 1. The van der Waals surface area contributed by atoms with Crippen molar-refractivity contribution in [3.63, 3.8) is 0 Å². The predicted molar refractivity (Wildman–Crippen MR) is 72.7 cm³/mol. The van der Waals surface area contributed by atoms with Gasteiger partial charge in [-0.05, 0) is 30.7 Å². The van der Waals surface area contributed by atoms with E-state index in [0.717, 1.165) is 12.1 Å². The molecular formula is C13H16ClF3N2O2. The average molecular weight is 325 g/mol. The highest BCUT2D eigenvalue weighted by Gasteiger charge is 2.24. The van der Waals surface area contributed by atoms with E-state index < -0.39 is 35.5 Å². The smallest absolute Gasteiger partial charge is 0.224 e. The Morgan fingerprint density at radius 2 is 1.95 bits per heavy atom. The number of amides is 1. The quantitative estimate of drug-likeness (QED) is 0.724. The molecule has 1 aromatic rings. The monoisotopic (exact) mass is 324 g/mol. The third kappa shape index (κ3) is 4.59. The number of hydrogen-bond donors (Lipinski definition) is 3. The van der Waals surface area contributed by atoms with Gasteiger partial charge in [0.25, 0.3) is 0 Å². The first-order valence-electron chi connectivity index (χ1n) is 6.29. The molecule has 1 heterocycles. The summed E-state index contributed by atoms with van der Waals surface area (Å²) >= 11 is 0. The SMILES string of the molecule is Cl.O=C(Cc1cc(F)c(F)c(F)c1)N[C@H]1CNCC[C@H]1O. The number of carbonyl (C=O) groups is 1. The van der Waals surface area contributed by atoms with Gasteiger partial charge in [-0.15, -0.1) is 12.4 Å². The summed E-state index contributed by atoms with van der Waals surface area (Å²) in [6.07, 6.45) is -0.413. The number of aliphatic hydroxyl groups excluding tert-OH is 1. The fourth-order valence-corrected chi connectivity index (χ4v) is 2.15. The van der Waals surface area contributed by atoms with E-state index in [-0.39, 0.29) is 24.4 Å². The third-order valence-electron chi connectivity index (χ3n) is 3.20. The lowest BCUT2D eigenvalue weighted by Crippen LogP contribution is -2.54. The standard InChI is InChI=1S/C13H15F3N2O2.ClH/c14-8-3-7(4-9(15)13(8)16)5-12(20)18-10-6-17-2-1-11(10)19;/h3-4,10-11,17,19H,1-2,5-6H2,(H,18,20);1H/t10-,11+;/m0./s1.